The van der Waals surface area contributed by atoms with Gasteiger partial charge >= 0.3 is 5.97 Å². The minimum absolute atomic E-state index is 0.122. The van der Waals surface area contributed by atoms with Crippen LogP contribution in [0.15, 0.2) is 54.6 Å². The lowest BCUT2D eigenvalue weighted by Crippen LogP contribution is -2.41. The number of rotatable bonds is 7. The first-order chi connectivity index (χ1) is 15.0. The van der Waals surface area contributed by atoms with Crippen molar-refractivity contribution < 1.29 is 14.3 Å². The molecule has 1 aromatic heterocycles. The molecule has 0 bridgehead atoms. The molecule has 0 saturated heterocycles. The van der Waals surface area contributed by atoms with Crippen molar-refractivity contribution in [1.29, 1.82) is 0 Å². The van der Waals surface area contributed by atoms with E-state index >= 15 is 0 Å². The molecular formula is C26H28N2O3. The molecule has 31 heavy (non-hydrogen) atoms. The molecule has 5 heteroatoms. The number of aromatic nitrogens is 1. The van der Waals surface area contributed by atoms with E-state index < -0.39 is 5.97 Å². The maximum Gasteiger partial charge on any atom is 0.340 e. The van der Waals surface area contributed by atoms with Crippen LogP contribution in [0.2, 0.25) is 0 Å². The van der Waals surface area contributed by atoms with Gasteiger partial charge in [-0.3, -0.25) is 9.78 Å². The van der Waals surface area contributed by atoms with Crippen LogP contribution in [0.4, 0.5) is 0 Å². The second-order valence-corrected chi connectivity index (χ2v) is 8.38. The summed E-state index contributed by atoms with van der Waals surface area (Å²) in [6, 6.07) is 17.8. The Balaban J connectivity index is 1.49. The van der Waals surface area contributed by atoms with Crippen molar-refractivity contribution >= 4 is 22.8 Å². The molecule has 1 atom stereocenters. The summed E-state index contributed by atoms with van der Waals surface area (Å²) in [7, 11) is 0. The van der Waals surface area contributed by atoms with E-state index in [0.717, 1.165) is 34.9 Å². The van der Waals surface area contributed by atoms with Gasteiger partial charge in [-0.25, -0.2) is 4.79 Å². The molecule has 1 aliphatic carbocycles. The summed E-state index contributed by atoms with van der Waals surface area (Å²) in [4.78, 5) is 32.4. The highest BCUT2D eigenvalue weighted by Crippen LogP contribution is 2.35. The maximum absolute atomic E-state index is 13.1. The lowest BCUT2D eigenvalue weighted by atomic mass is 10.0. The monoisotopic (exact) mass is 416 g/mol. The second kappa shape index (κ2) is 8.88. The molecule has 1 fully saturated rings. The van der Waals surface area contributed by atoms with E-state index in [2.05, 4.69) is 11.9 Å². The van der Waals surface area contributed by atoms with Crippen LogP contribution in [0.25, 0.3) is 10.9 Å². The van der Waals surface area contributed by atoms with E-state index in [1.54, 1.807) is 6.92 Å². The summed E-state index contributed by atoms with van der Waals surface area (Å²) in [6.45, 7) is 6.03. The number of amides is 1. The third-order valence-electron chi connectivity index (χ3n) is 6.18. The number of nitrogens with zero attached hydrogens (tertiary/aromatic N) is 2. The van der Waals surface area contributed by atoms with Crippen LogP contribution < -0.4 is 0 Å². The summed E-state index contributed by atoms with van der Waals surface area (Å²) in [5, 5.41) is 0.916. The van der Waals surface area contributed by atoms with Gasteiger partial charge in [-0.15, -0.1) is 0 Å². The summed E-state index contributed by atoms with van der Waals surface area (Å²) in [5.74, 6) is -0.140. The van der Waals surface area contributed by atoms with E-state index in [-0.39, 0.29) is 18.6 Å². The highest BCUT2D eigenvalue weighted by Gasteiger charge is 2.34. The summed E-state index contributed by atoms with van der Waals surface area (Å²) >= 11 is 0. The molecule has 2 aromatic carbocycles. The minimum atomic E-state index is -0.500. The number of aryl methyl sites for hydroxylation is 2. The predicted molar refractivity (Wildman–Crippen MR) is 121 cm³/mol. The minimum Gasteiger partial charge on any atom is -0.452 e. The first-order valence-corrected chi connectivity index (χ1v) is 10.8. The SMILES string of the molecule is Cc1nc2ccccc2c(C)c1C(=O)OCC(=O)N(Cc1ccccc1)C(C)C1CC1. The van der Waals surface area contributed by atoms with Crippen molar-refractivity contribution in [3.63, 3.8) is 0 Å². The molecule has 0 aliphatic heterocycles. The van der Waals surface area contributed by atoms with Crippen molar-refractivity contribution in [3.8, 4) is 0 Å². The van der Waals surface area contributed by atoms with Gasteiger partial charge in [-0.2, -0.15) is 0 Å². The quantitative estimate of drug-likeness (QED) is 0.517. The number of carbonyl (C=O) groups excluding carboxylic acids is 2. The molecule has 1 unspecified atom stereocenters. The summed E-state index contributed by atoms with van der Waals surface area (Å²) in [6.07, 6.45) is 2.28. The Morgan fingerprint density at radius 2 is 1.74 bits per heavy atom. The van der Waals surface area contributed by atoms with Crippen molar-refractivity contribution in [2.45, 2.75) is 46.2 Å². The Morgan fingerprint density at radius 3 is 2.45 bits per heavy atom. The number of benzene rings is 2. The van der Waals surface area contributed by atoms with E-state index in [9.17, 15) is 9.59 Å². The van der Waals surface area contributed by atoms with Gasteiger partial charge in [-0.05, 0) is 56.7 Å². The number of carbonyl (C=O) groups is 2. The van der Waals surface area contributed by atoms with Gasteiger partial charge in [0.05, 0.1) is 16.8 Å². The number of hydrogen-bond acceptors (Lipinski definition) is 4. The standard InChI is InChI=1S/C26H28N2O3/c1-17-22-11-7-8-12-23(22)27-18(2)25(17)26(30)31-16-24(29)28(19(3)21-13-14-21)15-20-9-5-4-6-10-20/h4-12,19,21H,13-16H2,1-3H3. The van der Waals surface area contributed by atoms with Crippen molar-refractivity contribution in [2.24, 2.45) is 5.92 Å². The zero-order valence-corrected chi connectivity index (χ0v) is 18.3. The molecule has 160 valence electrons. The molecule has 1 saturated carbocycles. The fourth-order valence-corrected chi connectivity index (χ4v) is 4.19. The van der Waals surface area contributed by atoms with Crippen LogP contribution in [0, 0.1) is 19.8 Å². The lowest BCUT2D eigenvalue weighted by molar-refractivity contribution is -0.137. The Morgan fingerprint density at radius 1 is 1.06 bits per heavy atom. The van der Waals surface area contributed by atoms with Crippen molar-refractivity contribution in [1.82, 2.24) is 9.88 Å². The van der Waals surface area contributed by atoms with Gasteiger partial charge in [-0.1, -0.05) is 48.5 Å². The normalized spacial score (nSPS) is 14.3. The Hall–Kier alpha value is -3.21. The number of esters is 1. The fraction of sp³-hybridized carbons (Fsp3) is 0.346. The molecule has 0 N–H and O–H groups in total. The smallest absolute Gasteiger partial charge is 0.340 e. The number of hydrogen-bond donors (Lipinski definition) is 0. The van der Waals surface area contributed by atoms with Crippen LogP contribution in [-0.2, 0) is 16.1 Å². The Kier molecular flexibility index (Phi) is 6.03. The van der Waals surface area contributed by atoms with Crippen LogP contribution >= 0.6 is 0 Å². The van der Waals surface area contributed by atoms with Crippen molar-refractivity contribution in [2.75, 3.05) is 6.61 Å². The maximum atomic E-state index is 13.1. The van der Waals surface area contributed by atoms with Gasteiger partial charge in [0, 0.05) is 18.0 Å². The zero-order valence-electron chi connectivity index (χ0n) is 18.3. The first kappa shape index (κ1) is 21.0. The molecule has 0 spiro atoms. The van der Waals surface area contributed by atoms with Crippen LogP contribution in [0.5, 0.6) is 0 Å². The highest BCUT2D eigenvalue weighted by molar-refractivity contribution is 5.99. The molecule has 4 rings (SSSR count). The van der Waals surface area contributed by atoms with Crippen molar-refractivity contribution in [3.05, 3.63) is 77.0 Å². The zero-order chi connectivity index (χ0) is 22.0. The molecule has 1 aliphatic rings. The molecule has 1 heterocycles. The third-order valence-corrected chi connectivity index (χ3v) is 6.18. The van der Waals surface area contributed by atoms with E-state index in [0.29, 0.717) is 23.7 Å². The largest absolute Gasteiger partial charge is 0.452 e. The van der Waals surface area contributed by atoms with Gasteiger partial charge in [0.15, 0.2) is 6.61 Å². The molecule has 5 nitrogen and oxygen atoms in total. The first-order valence-electron chi connectivity index (χ1n) is 10.8. The second-order valence-electron chi connectivity index (χ2n) is 8.38. The van der Waals surface area contributed by atoms with E-state index in [1.165, 1.54) is 0 Å². The van der Waals surface area contributed by atoms with E-state index in [1.807, 2.05) is 66.4 Å². The highest BCUT2D eigenvalue weighted by atomic mass is 16.5. The topological polar surface area (TPSA) is 59.5 Å². The Labute approximate surface area is 183 Å². The van der Waals surface area contributed by atoms with Crippen LogP contribution in [-0.4, -0.2) is 34.4 Å². The molecule has 1 amide bonds. The molecule has 3 aromatic rings. The van der Waals surface area contributed by atoms with Crippen LogP contribution in [0.1, 0.15) is 46.9 Å². The molecular weight excluding hydrogens is 388 g/mol. The molecule has 0 radical (unpaired) electrons. The average molecular weight is 417 g/mol. The number of ether oxygens (including phenoxy) is 1. The number of pyridine rings is 1. The third kappa shape index (κ3) is 4.61. The van der Waals surface area contributed by atoms with Gasteiger partial charge in [0.1, 0.15) is 0 Å². The fourth-order valence-electron chi connectivity index (χ4n) is 4.19. The van der Waals surface area contributed by atoms with Crippen LogP contribution in [0.3, 0.4) is 0 Å². The average Bonchev–Trinajstić information content (AvgIpc) is 3.61. The number of para-hydroxylation sites is 1. The Bertz CT molecular complexity index is 1110. The van der Waals surface area contributed by atoms with Gasteiger partial charge in [0.2, 0.25) is 0 Å². The number of fused-ring (bicyclic) bond motifs is 1. The summed E-state index contributed by atoms with van der Waals surface area (Å²) in [5.41, 5.74) is 3.79. The predicted octanol–water partition coefficient (Wildman–Crippen LogP) is 4.84. The van der Waals surface area contributed by atoms with E-state index in [4.69, 9.17) is 4.74 Å². The van der Waals surface area contributed by atoms with Gasteiger partial charge < -0.3 is 9.64 Å². The van der Waals surface area contributed by atoms with Gasteiger partial charge in [0.25, 0.3) is 5.91 Å². The summed E-state index contributed by atoms with van der Waals surface area (Å²) < 4.78 is 5.50. The lowest BCUT2D eigenvalue weighted by Gasteiger charge is -2.29.